The summed E-state index contributed by atoms with van der Waals surface area (Å²) < 4.78 is 15.4. The highest BCUT2D eigenvalue weighted by molar-refractivity contribution is 5.54. The topological polar surface area (TPSA) is 49.6 Å². The summed E-state index contributed by atoms with van der Waals surface area (Å²) in [6.45, 7) is 9.07. The number of aromatic nitrogens is 4. The molecule has 32 heavy (non-hydrogen) atoms. The van der Waals surface area contributed by atoms with E-state index in [1.54, 1.807) is 6.07 Å². The first kappa shape index (κ1) is 20.4. The van der Waals surface area contributed by atoms with Crippen LogP contribution in [-0.4, -0.2) is 45.3 Å². The Morgan fingerprint density at radius 2 is 1.84 bits per heavy atom. The van der Waals surface area contributed by atoms with E-state index in [9.17, 15) is 4.39 Å². The molecule has 3 heterocycles. The standard InChI is InChI=1S/C25H27FN6/c1-17-6-4-9-22(12-17)31-11-10-30(16-19(31)3)24-13-18(2)27-25-28-23(29-32(24)25)15-20-7-5-8-21(26)14-20/h4-9,12-14,19H,10-11,15-16H2,1-3H3. The minimum Gasteiger partial charge on any atom is -0.365 e. The second kappa shape index (κ2) is 8.22. The van der Waals surface area contributed by atoms with Gasteiger partial charge in [0.25, 0.3) is 5.78 Å². The number of hydrogen-bond donors (Lipinski definition) is 0. The van der Waals surface area contributed by atoms with Gasteiger partial charge in [-0.2, -0.15) is 9.50 Å². The molecule has 164 valence electrons. The van der Waals surface area contributed by atoms with Crippen molar-refractivity contribution in [3.8, 4) is 0 Å². The predicted molar refractivity (Wildman–Crippen MR) is 125 cm³/mol. The van der Waals surface area contributed by atoms with E-state index in [-0.39, 0.29) is 5.82 Å². The largest absolute Gasteiger partial charge is 0.365 e. The lowest BCUT2D eigenvalue weighted by Crippen LogP contribution is -2.52. The minimum atomic E-state index is -0.249. The molecular weight excluding hydrogens is 403 g/mol. The number of anilines is 2. The van der Waals surface area contributed by atoms with Crippen LogP contribution >= 0.6 is 0 Å². The van der Waals surface area contributed by atoms with E-state index in [1.807, 2.05) is 17.5 Å². The first-order valence-electron chi connectivity index (χ1n) is 11.0. The van der Waals surface area contributed by atoms with Crippen LogP contribution in [0.15, 0.2) is 54.6 Å². The minimum absolute atomic E-state index is 0.249. The summed E-state index contributed by atoms with van der Waals surface area (Å²) in [5.41, 5.74) is 4.30. The van der Waals surface area contributed by atoms with Crippen molar-refractivity contribution in [1.29, 1.82) is 0 Å². The normalized spacial score (nSPS) is 16.7. The summed E-state index contributed by atoms with van der Waals surface area (Å²) in [5, 5.41) is 4.73. The van der Waals surface area contributed by atoms with Gasteiger partial charge in [0.05, 0.1) is 0 Å². The fourth-order valence-corrected chi connectivity index (χ4v) is 4.49. The van der Waals surface area contributed by atoms with Crippen LogP contribution in [0.5, 0.6) is 0 Å². The van der Waals surface area contributed by atoms with Crippen molar-refractivity contribution in [3.63, 3.8) is 0 Å². The summed E-state index contributed by atoms with van der Waals surface area (Å²) in [6.07, 6.45) is 0.469. The molecule has 0 spiro atoms. The van der Waals surface area contributed by atoms with Gasteiger partial charge in [-0.05, 0) is 56.2 Å². The van der Waals surface area contributed by atoms with Crippen LogP contribution in [0.25, 0.3) is 5.78 Å². The molecule has 0 bridgehead atoms. The van der Waals surface area contributed by atoms with Crippen LogP contribution in [0.4, 0.5) is 15.9 Å². The first-order valence-corrected chi connectivity index (χ1v) is 11.0. The number of hydrogen-bond acceptors (Lipinski definition) is 5. The maximum atomic E-state index is 13.6. The molecule has 0 aliphatic carbocycles. The summed E-state index contributed by atoms with van der Waals surface area (Å²) in [4.78, 5) is 14.0. The second-order valence-corrected chi connectivity index (χ2v) is 8.63. The molecule has 1 atom stereocenters. The Bertz CT molecular complexity index is 1270. The highest BCUT2D eigenvalue weighted by Crippen LogP contribution is 2.25. The van der Waals surface area contributed by atoms with Gasteiger partial charge in [0.1, 0.15) is 11.6 Å². The molecule has 1 unspecified atom stereocenters. The smallest absolute Gasteiger partial charge is 0.254 e. The lowest BCUT2D eigenvalue weighted by atomic mass is 10.1. The van der Waals surface area contributed by atoms with Crippen LogP contribution in [0.2, 0.25) is 0 Å². The molecule has 0 amide bonds. The van der Waals surface area contributed by atoms with Gasteiger partial charge in [-0.3, -0.25) is 0 Å². The molecule has 4 aromatic rings. The van der Waals surface area contributed by atoms with E-state index >= 15 is 0 Å². The first-order chi connectivity index (χ1) is 15.5. The number of aryl methyl sites for hydroxylation is 2. The van der Waals surface area contributed by atoms with E-state index in [2.05, 4.69) is 63.9 Å². The van der Waals surface area contributed by atoms with Crippen molar-refractivity contribution in [2.24, 2.45) is 0 Å². The summed E-state index contributed by atoms with van der Waals surface area (Å²) >= 11 is 0. The van der Waals surface area contributed by atoms with Gasteiger partial charge < -0.3 is 9.80 Å². The Morgan fingerprint density at radius 3 is 2.62 bits per heavy atom. The molecule has 0 radical (unpaired) electrons. The fourth-order valence-electron chi connectivity index (χ4n) is 4.49. The third-order valence-corrected chi connectivity index (χ3v) is 6.00. The summed E-state index contributed by atoms with van der Waals surface area (Å²) in [6, 6.07) is 17.7. The number of fused-ring (bicyclic) bond motifs is 1. The molecule has 2 aromatic carbocycles. The quantitative estimate of drug-likeness (QED) is 0.486. The van der Waals surface area contributed by atoms with Crippen LogP contribution in [0.1, 0.15) is 29.6 Å². The highest BCUT2D eigenvalue weighted by atomic mass is 19.1. The monoisotopic (exact) mass is 430 g/mol. The van der Waals surface area contributed by atoms with Crippen molar-refractivity contribution in [2.45, 2.75) is 33.2 Å². The highest BCUT2D eigenvalue weighted by Gasteiger charge is 2.26. The van der Waals surface area contributed by atoms with E-state index in [4.69, 9.17) is 5.10 Å². The maximum Gasteiger partial charge on any atom is 0.254 e. The molecule has 1 aliphatic heterocycles. The molecule has 0 saturated carbocycles. The Morgan fingerprint density at radius 1 is 1.00 bits per heavy atom. The lowest BCUT2D eigenvalue weighted by Gasteiger charge is -2.42. The molecular formula is C25H27FN6. The Hall–Kier alpha value is -3.48. The molecule has 1 saturated heterocycles. The van der Waals surface area contributed by atoms with E-state index in [0.717, 1.165) is 36.7 Å². The molecule has 7 heteroatoms. The van der Waals surface area contributed by atoms with Crippen molar-refractivity contribution in [1.82, 2.24) is 19.6 Å². The third kappa shape index (κ3) is 4.02. The van der Waals surface area contributed by atoms with Gasteiger partial charge >= 0.3 is 0 Å². The summed E-state index contributed by atoms with van der Waals surface area (Å²) in [5.74, 6) is 1.98. The van der Waals surface area contributed by atoms with E-state index in [0.29, 0.717) is 24.1 Å². The zero-order valence-electron chi connectivity index (χ0n) is 18.7. The van der Waals surface area contributed by atoms with Gasteiger partial charge in [-0.1, -0.05) is 24.3 Å². The Balaban J connectivity index is 1.42. The van der Waals surface area contributed by atoms with Crippen molar-refractivity contribution < 1.29 is 4.39 Å². The number of rotatable bonds is 4. The molecule has 1 fully saturated rings. The number of halogens is 1. The van der Waals surface area contributed by atoms with Gasteiger partial charge in [0.2, 0.25) is 0 Å². The zero-order valence-corrected chi connectivity index (χ0v) is 18.7. The lowest BCUT2D eigenvalue weighted by molar-refractivity contribution is 0.543. The molecule has 2 aromatic heterocycles. The second-order valence-electron chi connectivity index (χ2n) is 8.63. The average Bonchev–Trinajstić information content (AvgIpc) is 3.15. The summed E-state index contributed by atoms with van der Waals surface area (Å²) in [7, 11) is 0. The fraction of sp³-hybridized carbons (Fsp3) is 0.320. The van der Waals surface area contributed by atoms with Crippen LogP contribution in [0.3, 0.4) is 0 Å². The predicted octanol–water partition coefficient (Wildman–Crippen LogP) is 4.19. The van der Waals surface area contributed by atoms with Crippen molar-refractivity contribution in [2.75, 3.05) is 29.4 Å². The number of benzene rings is 2. The van der Waals surface area contributed by atoms with Gasteiger partial charge in [0.15, 0.2) is 5.82 Å². The van der Waals surface area contributed by atoms with Crippen molar-refractivity contribution >= 4 is 17.3 Å². The third-order valence-electron chi connectivity index (χ3n) is 6.00. The van der Waals surface area contributed by atoms with Crippen LogP contribution in [0, 0.1) is 19.7 Å². The maximum absolute atomic E-state index is 13.6. The molecule has 1 aliphatic rings. The Labute approximate surface area is 187 Å². The van der Waals surface area contributed by atoms with Gasteiger partial charge in [-0.25, -0.2) is 9.37 Å². The van der Waals surface area contributed by atoms with Gasteiger partial charge in [-0.15, -0.1) is 5.10 Å². The number of nitrogens with zero attached hydrogens (tertiary/aromatic N) is 6. The Kier molecular flexibility index (Phi) is 5.25. The molecule has 6 nitrogen and oxygen atoms in total. The van der Waals surface area contributed by atoms with E-state index < -0.39 is 0 Å². The average molecular weight is 431 g/mol. The van der Waals surface area contributed by atoms with Crippen molar-refractivity contribution in [3.05, 3.63) is 83.1 Å². The van der Waals surface area contributed by atoms with Crippen LogP contribution in [-0.2, 0) is 6.42 Å². The SMILES string of the molecule is Cc1cccc(N2CCN(c3cc(C)nc4nc(Cc5cccc(F)c5)nn34)CC2C)c1. The molecule has 0 N–H and O–H groups in total. The number of piperazine rings is 1. The molecule has 5 rings (SSSR count). The van der Waals surface area contributed by atoms with Crippen LogP contribution < -0.4 is 9.80 Å². The van der Waals surface area contributed by atoms with Gasteiger partial charge in [0, 0.05) is 49.5 Å². The zero-order chi connectivity index (χ0) is 22.2. The van der Waals surface area contributed by atoms with E-state index in [1.165, 1.54) is 23.4 Å².